The van der Waals surface area contributed by atoms with Crippen molar-refractivity contribution in [3.8, 4) is 5.75 Å². The smallest absolute Gasteiger partial charge is 0.224 e. The van der Waals surface area contributed by atoms with Crippen LogP contribution in [0.5, 0.6) is 5.75 Å². The van der Waals surface area contributed by atoms with Crippen molar-refractivity contribution in [3.05, 3.63) is 65.4 Å². The number of H-pyrrole nitrogens is 1. The molecule has 0 spiro atoms. The van der Waals surface area contributed by atoms with E-state index in [1.54, 1.807) is 7.11 Å². The molecule has 3 aromatic rings. The normalized spacial score (nSPS) is 11.5. The largest absolute Gasteiger partial charge is 0.497 e. The van der Waals surface area contributed by atoms with E-state index in [0.717, 1.165) is 27.8 Å². The van der Waals surface area contributed by atoms with Crippen LogP contribution in [0, 0.1) is 6.92 Å². The van der Waals surface area contributed by atoms with Crippen molar-refractivity contribution in [3.63, 3.8) is 0 Å². The molecule has 4 heteroatoms. The Hall–Kier alpha value is -2.75. The molecule has 3 rings (SSSR count). The number of carbonyl (C=O) groups is 1. The second-order valence-corrected chi connectivity index (χ2v) is 7.38. The lowest BCUT2D eigenvalue weighted by Gasteiger charge is -2.25. The number of nitrogens with one attached hydrogen (secondary N) is 2. The van der Waals surface area contributed by atoms with Crippen molar-refractivity contribution < 1.29 is 9.53 Å². The molecule has 0 atom stereocenters. The van der Waals surface area contributed by atoms with Crippen molar-refractivity contribution in [2.75, 3.05) is 13.7 Å². The fourth-order valence-electron chi connectivity index (χ4n) is 3.25. The van der Waals surface area contributed by atoms with Crippen molar-refractivity contribution in [1.29, 1.82) is 0 Å². The standard InChI is InChI=1S/C22H26N2O2/c1-15-7-5-6-8-16(15)11-21(25)24-14-22(2,3)19-13-23-20-10-9-17(26-4)12-18(19)20/h5-10,12-13,23H,11,14H2,1-4H3,(H,24,25). The summed E-state index contributed by atoms with van der Waals surface area (Å²) in [5, 5.41) is 4.22. The topological polar surface area (TPSA) is 54.1 Å². The Labute approximate surface area is 154 Å². The number of aryl methyl sites for hydroxylation is 1. The van der Waals surface area contributed by atoms with E-state index < -0.39 is 0 Å². The van der Waals surface area contributed by atoms with Gasteiger partial charge < -0.3 is 15.0 Å². The number of benzene rings is 2. The van der Waals surface area contributed by atoms with Gasteiger partial charge in [0.25, 0.3) is 0 Å². The zero-order valence-electron chi connectivity index (χ0n) is 15.8. The average molecular weight is 350 g/mol. The summed E-state index contributed by atoms with van der Waals surface area (Å²) >= 11 is 0. The first kappa shape index (κ1) is 18.1. The molecule has 0 unspecified atom stereocenters. The van der Waals surface area contributed by atoms with E-state index in [0.29, 0.717) is 13.0 Å². The van der Waals surface area contributed by atoms with Crippen LogP contribution in [0.25, 0.3) is 10.9 Å². The monoisotopic (exact) mass is 350 g/mol. The highest BCUT2D eigenvalue weighted by molar-refractivity contribution is 5.86. The van der Waals surface area contributed by atoms with Crippen LogP contribution in [0.3, 0.4) is 0 Å². The third kappa shape index (κ3) is 3.74. The zero-order valence-corrected chi connectivity index (χ0v) is 15.8. The molecule has 0 saturated carbocycles. The zero-order chi connectivity index (χ0) is 18.7. The maximum Gasteiger partial charge on any atom is 0.224 e. The third-order valence-corrected chi connectivity index (χ3v) is 4.96. The van der Waals surface area contributed by atoms with Crippen LogP contribution in [0.4, 0.5) is 0 Å². The van der Waals surface area contributed by atoms with Crippen LogP contribution < -0.4 is 10.1 Å². The number of methoxy groups -OCH3 is 1. The average Bonchev–Trinajstić information content (AvgIpc) is 3.06. The van der Waals surface area contributed by atoms with Gasteiger partial charge in [0.15, 0.2) is 0 Å². The van der Waals surface area contributed by atoms with Crippen LogP contribution in [-0.4, -0.2) is 24.5 Å². The van der Waals surface area contributed by atoms with Crippen LogP contribution in [-0.2, 0) is 16.6 Å². The van der Waals surface area contributed by atoms with Gasteiger partial charge in [-0.25, -0.2) is 0 Å². The summed E-state index contributed by atoms with van der Waals surface area (Å²) in [6.45, 7) is 6.89. The molecule has 0 fully saturated rings. The first-order chi connectivity index (χ1) is 12.4. The highest BCUT2D eigenvalue weighted by Crippen LogP contribution is 2.32. The number of ether oxygens (including phenoxy) is 1. The molecule has 4 nitrogen and oxygen atoms in total. The molecule has 1 amide bonds. The van der Waals surface area contributed by atoms with Gasteiger partial charge in [0.05, 0.1) is 13.5 Å². The summed E-state index contributed by atoms with van der Waals surface area (Å²) in [7, 11) is 1.67. The molecule has 136 valence electrons. The molecule has 0 aliphatic carbocycles. The van der Waals surface area contributed by atoms with Gasteiger partial charge in [0.1, 0.15) is 5.75 Å². The van der Waals surface area contributed by atoms with Gasteiger partial charge in [-0.15, -0.1) is 0 Å². The Kier molecular flexibility index (Phi) is 5.03. The van der Waals surface area contributed by atoms with Gasteiger partial charge in [-0.2, -0.15) is 0 Å². The van der Waals surface area contributed by atoms with Gasteiger partial charge in [-0.05, 0) is 41.8 Å². The maximum atomic E-state index is 12.4. The van der Waals surface area contributed by atoms with Crippen LogP contribution in [0.1, 0.15) is 30.5 Å². The Morgan fingerprint density at radius 2 is 1.96 bits per heavy atom. The SMILES string of the molecule is COc1ccc2[nH]cc(C(C)(C)CNC(=O)Cc3ccccc3C)c2c1. The summed E-state index contributed by atoms with van der Waals surface area (Å²) < 4.78 is 5.35. The van der Waals surface area contributed by atoms with E-state index in [4.69, 9.17) is 4.74 Å². The Balaban J connectivity index is 1.73. The minimum absolute atomic E-state index is 0.0461. The molecule has 26 heavy (non-hydrogen) atoms. The fourth-order valence-corrected chi connectivity index (χ4v) is 3.25. The maximum absolute atomic E-state index is 12.4. The fraction of sp³-hybridized carbons (Fsp3) is 0.318. The summed E-state index contributed by atoms with van der Waals surface area (Å²) in [6.07, 6.45) is 2.43. The lowest BCUT2D eigenvalue weighted by molar-refractivity contribution is -0.120. The Morgan fingerprint density at radius 3 is 2.69 bits per heavy atom. The molecular formula is C22H26N2O2. The van der Waals surface area contributed by atoms with E-state index >= 15 is 0 Å². The predicted molar refractivity (Wildman–Crippen MR) is 106 cm³/mol. The minimum atomic E-state index is -0.202. The molecule has 1 heterocycles. The van der Waals surface area contributed by atoms with Crippen LogP contribution >= 0.6 is 0 Å². The molecule has 2 N–H and O–H groups in total. The molecule has 2 aromatic carbocycles. The van der Waals surface area contributed by atoms with Crippen molar-refractivity contribution in [2.45, 2.75) is 32.6 Å². The number of fused-ring (bicyclic) bond motifs is 1. The number of hydrogen-bond acceptors (Lipinski definition) is 2. The summed E-state index contributed by atoms with van der Waals surface area (Å²) in [5.41, 5.74) is 4.25. The van der Waals surface area contributed by atoms with Gasteiger partial charge in [0, 0.05) is 29.1 Å². The van der Waals surface area contributed by atoms with E-state index in [9.17, 15) is 4.79 Å². The van der Waals surface area contributed by atoms with Gasteiger partial charge in [-0.3, -0.25) is 4.79 Å². The van der Waals surface area contributed by atoms with E-state index in [1.807, 2.05) is 55.6 Å². The minimum Gasteiger partial charge on any atom is -0.497 e. The summed E-state index contributed by atoms with van der Waals surface area (Å²) in [6, 6.07) is 14.0. The molecule has 0 bridgehead atoms. The quantitative estimate of drug-likeness (QED) is 0.702. The summed E-state index contributed by atoms with van der Waals surface area (Å²) in [4.78, 5) is 15.7. The summed E-state index contributed by atoms with van der Waals surface area (Å²) in [5.74, 6) is 0.877. The van der Waals surface area contributed by atoms with Crippen molar-refractivity contribution in [2.24, 2.45) is 0 Å². The predicted octanol–water partition coefficient (Wildman–Crippen LogP) is 4.12. The molecule has 0 saturated heterocycles. The van der Waals surface area contributed by atoms with E-state index in [2.05, 4.69) is 24.1 Å². The number of aromatic amines is 1. The van der Waals surface area contributed by atoms with E-state index in [1.165, 1.54) is 5.56 Å². The van der Waals surface area contributed by atoms with Gasteiger partial charge in [0.2, 0.25) is 5.91 Å². The van der Waals surface area contributed by atoms with E-state index in [-0.39, 0.29) is 11.3 Å². The Bertz CT molecular complexity index is 925. The molecule has 0 aliphatic rings. The lowest BCUT2D eigenvalue weighted by Crippen LogP contribution is -2.37. The number of hydrogen-bond donors (Lipinski definition) is 2. The molecule has 1 aromatic heterocycles. The highest BCUT2D eigenvalue weighted by atomic mass is 16.5. The lowest BCUT2D eigenvalue weighted by atomic mass is 9.84. The molecule has 0 aliphatic heterocycles. The first-order valence-corrected chi connectivity index (χ1v) is 8.87. The van der Waals surface area contributed by atoms with Gasteiger partial charge in [-0.1, -0.05) is 38.1 Å². The number of carbonyl (C=O) groups excluding carboxylic acids is 1. The second-order valence-electron chi connectivity index (χ2n) is 7.38. The number of aromatic nitrogens is 1. The highest BCUT2D eigenvalue weighted by Gasteiger charge is 2.25. The van der Waals surface area contributed by atoms with Crippen LogP contribution in [0.15, 0.2) is 48.7 Å². The molecular weight excluding hydrogens is 324 g/mol. The third-order valence-electron chi connectivity index (χ3n) is 4.96. The number of amides is 1. The van der Waals surface area contributed by atoms with Gasteiger partial charge >= 0.3 is 0 Å². The Morgan fingerprint density at radius 1 is 1.19 bits per heavy atom. The molecule has 0 radical (unpaired) electrons. The van der Waals surface area contributed by atoms with Crippen molar-refractivity contribution >= 4 is 16.8 Å². The number of rotatable bonds is 6. The van der Waals surface area contributed by atoms with Crippen LogP contribution in [0.2, 0.25) is 0 Å². The first-order valence-electron chi connectivity index (χ1n) is 8.87. The van der Waals surface area contributed by atoms with Crippen molar-refractivity contribution in [1.82, 2.24) is 10.3 Å². The second kappa shape index (κ2) is 7.24.